The largest absolute Gasteiger partial charge is 0.346 e. The SMILES string of the molecule is CCCc1nc(N(C)Cc2ccc(Cl)s2)sc1CNCC. The van der Waals surface area contributed by atoms with Crippen LogP contribution in [-0.2, 0) is 19.5 Å². The minimum Gasteiger partial charge on any atom is -0.346 e. The molecule has 0 radical (unpaired) electrons. The zero-order chi connectivity index (χ0) is 15.2. The molecule has 0 bridgehead atoms. The molecule has 0 unspecified atom stereocenters. The van der Waals surface area contributed by atoms with Gasteiger partial charge in [-0.25, -0.2) is 4.98 Å². The summed E-state index contributed by atoms with van der Waals surface area (Å²) in [5.41, 5.74) is 1.24. The Morgan fingerprint density at radius 2 is 2.10 bits per heavy atom. The van der Waals surface area contributed by atoms with E-state index in [0.717, 1.165) is 41.9 Å². The Morgan fingerprint density at radius 3 is 2.71 bits per heavy atom. The van der Waals surface area contributed by atoms with Gasteiger partial charge in [-0.3, -0.25) is 0 Å². The van der Waals surface area contributed by atoms with Crippen molar-refractivity contribution in [1.29, 1.82) is 0 Å². The first-order valence-electron chi connectivity index (χ1n) is 7.28. The molecule has 0 aliphatic heterocycles. The van der Waals surface area contributed by atoms with E-state index in [-0.39, 0.29) is 0 Å². The summed E-state index contributed by atoms with van der Waals surface area (Å²) in [5.74, 6) is 0. The highest BCUT2D eigenvalue weighted by molar-refractivity contribution is 7.16. The van der Waals surface area contributed by atoms with Crippen LogP contribution in [0.1, 0.15) is 35.7 Å². The lowest BCUT2D eigenvalue weighted by Gasteiger charge is -2.14. The number of rotatable bonds is 8. The maximum Gasteiger partial charge on any atom is 0.185 e. The number of thiazole rings is 1. The van der Waals surface area contributed by atoms with Crippen molar-refractivity contribution in [3.63, 3.8) is 0 Å². The van der Waals surface area contributed by atoms with Gasteiger partial charge in [-0.05, 0) is 25.1 Å². The highest BCUT2D eigenvalue weighted by Gasteiger charge is 2.14. The Labute approximate surface area is 140 Å². The molecule has 21 heavy (non-hydrogen) atoms. The van der Waals surface area contributed by atoms with Crippen LogP contribution in [0.4, 0.5) is 5.13 Å². The van der Waals surface area contributed by atoms with Crippen molar-refractivity contribution in [2.75, 3.05) is 18.5 Å². The van der Waals surface area contributed by atoms with E-state index >= 15 is 0 Å². The molecule has 116 valence electrons. The first-order chi connectivity index (χ1) is 10.1. The number of halogens is 1. The van der Waals surface area contributed by atoms with E-state index in [1.807, 2.05) is 6.07 Å². The molecule has 6 heteroatoms. The molecule has 2 aromatic rings. The third-order valence-corrected chi connectivity index (χ3v) is 5.57. The van der Waals surface area contributed by atoms with Gasteiger partial charge in [0.2, 0.25) is 0 Å². The molecule has 0 fully saturated rings. The highest BCUT2D eigenvalue weighted by atomic mass is 35.5. The summed E-state index contributed by atoms with van der Waals surface area (Å²) in [5, 5.41) is 4.50. The first kappa shape index (κ1) is 16.7. The summed E-state index contributed by atoms with van der Waals surface area (Å²) in [6.45, 7) is 7.10. The van der Waals surface area contributed by atoms with Crippen molar-refractivity contribution in [2.45, 2.75) is 39.8 Å². The zero-order valence-corrected chi connectivity index (χ0v) is 15.2. The van der Waals surface area contributed by atoms with Gasteiger partial charge in [0.25, 0.3) is 0 Å². The Kier molecular flexibility index (Phi) is 6.48. The molecule has 0 aliphatic rings. The summed E-state index contributed by atoms with van der Waals surface area (Å²) in [4.78, 5) is 9.67. The van der Waals surface area contributed by atoms with Gasteiger partial charge >= 0.3 is 0 Å². The quantitative estimate of drug-likeness (QED) is 0.761. The fourth-order valence-corrected chi connectivity index (χ4v) is 4.26. The third-order valence-electron chi connectivity index (χ3n) is 3.14. The minimum absolute atomic E-state index is 0.844. The van der Waals surface area contributed by atoms with Crippen molar-refractivity contribution in [3.8, 4) is 0 Å². The molecule has 2 heterocycles. The lowest BCUT2D eigenvalue weighted by molar-refractivity contribution is 0.723. The molecular weight excluding hydrogens is 322 g/mol. The number of nitrogens with one attached hydrogen (secondary N) is 1. The number of hydrogen-bond acceptors (Lipinski definition) is 5. The molecule has 2 aromatic heterocycles. The van der Waals surface area contributed by atoms with E-state index < -0.39 is 0 Å². The summed E-state index contributed by atoms with van der Waals surface area (Å²) in [6, 6.07) is 4.04. The lowest BCUT2D eigenvalue weighted by atomic mass is 10.2. The van der Waals surface area contributed by atoms with Crippen LogP contribution in [0.5, 0.6) is 0 Å². The predicted molar refractivity (Wildman–Crippen MR) is 94.9 cm³/mol. The van der Waals surface area contributed by atoms with Crippen LogP contribution >= 0.6 is 34.3 Å². The Morgan fingerprint density at radius 1 is 1.29 bits per heavy atom. The molecule has 0 aliphatic carbocycles. The van der Waals surface area contributed by atoms with E-state index in [2.05, 4.69) is 37.2 Å². The van der Waals surface area contributed by atoms with Crippen molar-refractivity contribution >= 4 is 39.4 Å². The van der Waals surface area contributed by atoms with Crippen LogP contribution in [0, 0.1) is 0 Å². The average Bonchev–Trinajstić information content (AvgIpc) is 3.04. The highest BCUT2D eigenvalue weighted by Crippen LogP contribution is 2.29. The predicted octanol–water partition coefficient (Wildman–Crippen LogP) is 4.56. The number of hydrogen-bond donors (Lipinski definition) is 1. The second-order valence-corrected chi connectivity index (χ2v) is 7.82. The molecular formula is C15H22ClN3S2. The van der Waals surface area contributed by atoms with Crippen LogP contribution in [0.2, 0.25) is 4.34 Å². The zero-order valence-electron chi connectivity index (χ0n) is 12.8. The van der Waals surface area contributed by atoms with E-state index in [1.54, 1.807) is 22.7 Å². The van der Waals surface area contributed by atoms with Gasteiger partial charge in [0.1, 0.15) is 0 Å². The van der Waals surface area contributed by atoms with Crippen LogP contribution in [0.25, 0.3) is 0 Å². The summed E-state index contributed by atoms with van der Waals surface area (Å²) in [7, 11) is 2.10. The maximum absolute atomic E-state index is 6.00. The lowest BCUT2D eigenvalue weighted by Crippen LogP contribution is -2.15. The van der Waals surface area contributed by atoms with Gasteiger partial charge in [0, 0.05) is 23.3 Å². The number of aromatic nitrogens is 1. The van der Waals surface area contributed by atoms with Crippen LogP contribution in [-0.4, -0.2) is 18.6 Å². The molecule has 0 saturated carbocycles. The molecule has 3 nitrogen and oxygen atoms in total. The standard InChI is InChI=1S/C15H22ClN3S2/c1-4-6-12-13(9-17-5-2)21-15(18-12)19(3)10-11-7-8-14(16)20-11/h7-8,17H,4-6,9-10H2,1-3H3. The number of nitrogens with zero attached hydrogens (tertiary/aromatic N) is 2. The number of anilines is 1. The fraction of sp³-hybridized carbons (Fsp3) is 0.533. The van der Waals surface area contributed by atoms with Gasteiger partial charge in [0.05, 0.1) is 16.6 Å². The monoisotopic (exact) mass is 343 g/mol. The van der Waals surface area contributed by atoms with Gasteiger partial charge in [-0.1, -0.05) is 31.9 Å². The molecule has 0 atom stereocenters. The van der Waals surface area contributed by atoms with Crippen molar-refractivity contribution < 1.29 is 0 Å². The first-order valence-corrected chi connectivity index (χ1v) is 9.29. The fourth-order valence-electron chi connectivity index (χ4n) is 2.08. The van der Waals surface area contributed by atoms with Crippen molar-refractivity contribution in [2.24, 2.45) is 0 Å². The molecule has 2 rings (SSSR count). The van der Waals surface area contributed by atoms with Gasteiger partial charge in [-0.2, -0.15) is 0 Å². The van der Waals surface area contributed by atoms with Crippen LogP contribution < -0.4 is 10.2 Å². The van der Waals surface area contributed by atoms with Gasteiger partial charge < -0.3 is 10.2 Å². The summed E-state index contributed by atoms with van der Waals surface area (Å²) < 4.78 is 0.844. The van der Waals surface area contributed by atoms with Crippen LogP contribution in [0.3, 0.4) is 0 Å². The van der Waals surface area contributed by atoms with Gasteiger partial charge in [-0.15, -0.1) is 22.7 Å². The molecule has 1 N–H and O–H groups in total. The summed E-state index contributed by atoms with van der Waals surface area (Å²) in [6.07, 6.45) is 2.18. The Hall–Kier alpha value is -0.620. The normalized spacial score (nSPS) is 11.0. The second-order valence-electron chi connectivity index (χ2n) is 4.96. The van der Waals surface area contributed by atoms with Crippen molar-refractivity contribution in [3.05, 3.63) is 31.9 Å². The third kappa shape index (κ3) is 4.68. The maximum atomic E-state index is 6.00. The van der Waals surface area contributed by atoms with E-state index in [9.17, 15) is 0 Å². The average molecular weight is 344 g/mol. The second kappa shape index (κ2) is 8.13. The van der Waals surface area contributed by atoms with Gasteiger partial charge in [0.15, 0.2) is 5.13 Å². The smallest absolute Gasteiger partial charge is 0.185 e. The molecule has 0 spiro atoms. The molecule has 0 amide bonds. The van der Waals surface area contributed by atoms with E-state index in [4.69, 9.17) is 16.6 Å². The Bertz CT molecular complexity index is 565. The Balaban J connectivity index is 2.10. The van der Waals surface area contributed by atoms with E-state index in [0.29, 0.717) is 0 Å². The van der Waals surface area contributed by atoms with Crippen molar-refractivity contribution in [1.82, 2.24) is 10.3 Å². The number of aryl methyl sites for hydroxylation is 1. The number of thiophene rings is 1. The minimum atomic E-state index is 0.844. The van der Waals surface area contributed by atoms with Crippen LogP contribution in [0.15, 0.2) is 12.1 Å². The topological polar surface area (TPSA) is 28.2 Å². The van der Waals surface area contributed by atoms with E-state index in [1.165, 1.54) is 15.4 Å². The molecule has 0 aromatic carbocycles. The summed E-state index contributed by atoms with van der Waals surface area (Å²) >= 11 is 9.43. The molecule has 0 saturated heterocycles.